The summed E-state index contributed by atoms with van der Waals surface area (Å²) in [7, 11) is -4.85. The molecule has 12 nitrogen and oxygen atoms in total. The molecule has 5 N–H and O–H groups in total. The van der Waals surface area contributed by atoms with Crippen molar-refractivity contribution in [2.45, 2.75) is 31.3 Å². The van der Waals surface area contributed by atoms with Gasteiger partial charge in [-0.25, -0.2) is 4.79 Å². The Hall–Kier alpha value is -2.25. The van der Waals surface area contributed by atoms with Crippen molar-refractivity contribution in [2.75, 3.05) is 6.54 Å². The Morgan fingerprint density at radius 3 is 2.65 bits per heavy atom. The first-order valence-electron chi connectivity index (χ1n) is 6.52. The summed E-state index contributed by atoms with van der Waals surface area (Å²) in [5.41, 5.74) is 4.87. The van der Waals surface area contributed by atoms with Gasteiger partial charge in [0.25, 0.3) is 0 Å². The average Bonchev–Trinajstić information content (AvgIpc) is 2.61. The van der Waals surface area contributed by atoms with Crippen LogP contribution in [0.1, 0.15) is 19.3 Å². The Balaban J connectivity index is 2.05. The second-order valence-electron chi connectivity index (χ2n) is 5.11. The summed E-state index contributed by atoms with van der Waals surface area (Å²) >= 11 is 0. The first kappa shape index (κ1) is 17.1. The molecule has 2 aliphatic rings. The number of hydrogen-bond donors (Lipinski definition) is 4. The maximum atomic E-state index is 12.1. The lowest BCUT2D eigenvalue weighted by Crippen LogP contribution is -2.51. The number of nitrogens with two attached hydrogens (primary N) is 1. The monoisotopic (exact) mass is 349 g/mol. The third-order valence-corrected chi connectivity index (χ3v) is 3.79. The summed E-state index contributed by atoms with van der Waals surface area (Å²) in [5, 5.41) is 10.5. The molecule has 4 amide bonds. The van der Waals surface area contributed by atoms with E-state index in [4.69, 9.17) is 15.7 Å². The molecule has 2 saturated heterocycles. The van der Waals surface area contributed by atoms with Gasteiger partial charge in [0.1, 0.15) is 12.3 Å². The minimum atomic E-state index is -4.85. The van der Waals surface area contributed by atoms with Gasteiger partial charge in [-0.05, 0) is 12.8 Å². The average molecular weight is 349 g/mol. The number of primary amides is 1. The number of rotatable bonds is 5. The molecular formula is C10H15N5O7S. The SMILES string of the molecule is N=C(NC(=O)CC(N)=O)C1CCC2CN1C(=O)N2OS(=O)(=O)O. The largest absolute Gasteiger partial charge is 0.418 e. The number of carbonyl (C=O) groups excluding carboxylic acids is 3. The molecular weight excluding hydrogens is 334 g/mol. The van der Waals surface area contributed by atoms with E-state index in [9.17, 15) is 22.8 Å². The van der Waals surface area contributed by atoms with E-state index in [2.05, 4.69) is 9.60 Å². The zero-order chi connectivity index (χ0) is 17.4. The molecule has 128 valence electrons. The van der Waals surface area contributed by atoms with E-state index >= 15 is 0 Å². The van der Waals surface area contributed by atoms with Crippen molar-refractivity contribution in [2.24, 2.45) is 5.73 Å². The lowest BCUT2D eigenvalue weighted by molar-refractivity contribution is -0.126. The molecule has 2 bridgehead atoms. The highest BCUT2D eigenvalue weighted by Crippen LogP contribution is 2.30. The molecule has 0 aliphatic carbocycles. The third-order valence-electron chi connectivity index (χ3n) is 3.44. The van der Waals surface area contributed by atoms with Crippen LogP contribution in [-0.4, -0.2) is 65.2 Å². The van der Waals surface area contributed by atoms with Crippen LogP contribution in [-0.2, 0) is 24.3 Å². The Labute approximate surface area is 130 Å². The van der Waals surface area contributed by atoms with E-state index in [1.165, 1.54) is 0 Å². The lowest BCUT2D eigenvalue weighted by Gasteiger charge is -2.30. The topological polar surface area (TPSA) is 183 Å². The van der Waals surface area contributed by atoms with Crippen LogP contribution in [0.3, 0.4) is 0 Å². The van der Waals surface area contributed by atoms with Crippen LogP contribution in [0.5, 0.6) is 0 Å². The van der Waals surface area contributed by atoms with Crippen molar-refractivity contribution < 1.29 is 31.6 Å². The molecule has 2 aliphatic heterocycles. The maximum absolute atomic E-state index is 12.1. The smallest absolute Gasteiger partial charge is 0.369 e. The van der Waals surface area contributed by atoms with Crippen molar-refractivity contribution in [1.82, 2.24) is 15.3 Å². The normalized spacial score (nSPS) is 23.8. The van der Waals surface area contributed by atoms with E-state index in [0.29, 0.717) is 11.5 Å². The van der Waals surface area contributed by atoms with Crippen LogP contribution >= 0.6 is 0 Å². The molecule has 0 spiro atoms. The first-order valence-corrected chi connectivity index (χ1v) is 7.88. The number of amides is 4. The van der Waals surface area contributed by atoms with Crippen molar-refractivity contribution in [3.8, 4) is 0 Å². The predicted molar refractivity (Wildman–Crippen MR) is 73.1 cm³/mol. The van der Waals surface area contributed by atoms with Crippen molar-refractivity contribution >= 4 is 34.1 Å². The van der Waals surface area contributed by atoms with Gasteiger partial charge in [-0.1, -0.05) is 0 Å². The maximum Gasteiger partial charge on any atom is 0.418 e. The highest BCUT2D eigenvalue weighted by atomic mass is 32.3. The fourth-order valence-electron chi connectivity index (χ4n) is 2.57. The summed E-state index contributed by atoms with van der Waals surface area (Å²) in [5.74, 6) is -1.94. The summed E-state index contributed by atoms with van der Waals surface area (Å²) in [6.45, 7) is 0.0765. The van der Waals surface area contributed by atoms with E-state index in [0.717, 1.165) is 4.90 Å². The molecule has 23 heavy (non-hydrogen) atoms. The molecule has 2 heterocycles. The molecule has 2 fully saturated rings. The van der Waals surface area contributed by atoms with Gasteiger partial charge in [0.05, 0.1) is 12.1 Å². The van der Waals surface area contributed by atoms with Gasteiger partial charge >= 0.3 is 16.4 Å². The highest BCUT2D eigenvalue weighted by Gasteiger charge is 2.48. The minimum Gasteiger partial charge on any atom is -0.369 e. The standard InChI is InChI=1S/C10H15N5O7S/c11-7(16)3-8(17)13-9(12)6-2-1-5-4-14(6)10(18)15(5)22-23(19,20)21/h5-6H,1-4H2,(H2,11,16)(H2,12,13,17)(H,19,20,21). The van der Waals surface area contributed by atoms with Gasteiger partial charge < -0.3 is 16.0 Å². The Morgan fingerprint density at radius 1 is 1.43 bits per heavy atom. The summed E-state index contributed by atoms with van der Waals surface area (Å²) in [4.78, 5) is 35.3. The highest BCUT2D eigenvalue weighted by molar-refractivity contribution is 7.80. The molecule has 0 radical (unpaired) electrons. The number of fused-ring (bicyclic) bond motifs is 2. The summed E-state index contributed by atoms with van der Waals surface area (Å²) in [6, 6.07) is -2.23. The predicted octanol–water partition coefficient (Wildman–Crippen LogP) is -2.04. The van der Waals surface area contributed by atoms with E-state index in [1.54, 1.807) is 0 Å². The van der Waals surface area contributed by atoms with Gasteiger partial charge in [-0.15, -0.1) is 4.28 Å². The van der Waals surface area contributed by atoms with Crippen molar-refractivity contribution in [1.29, 1.82) is 5.41 Å². The van der Waals surface area contributed by atoms with Crippen LogP contribution in [0.25, 0.3) is 0 Å². The number of amidine groups is 1. The quantitative estimate of drug-likeness (QED) is 0.191. The number of nitrogens with zero attached hydrogens (tertiary/aromatic N) is 2. The van der Waals surface area contributed by atoms with E-state index in [-0.39, 0.29) is 18.8 Å². The second kappa shape index (κ2) is 6.10. The zero-order valence-electron chi connectivity index (χ0n) is 11.8. The molecule has 0 saturated carbocycles. The van der Waals surface area contributed by atoms with Crippen molar-refractivity contribution in [3.05, 3.63) is 0 Å². The van der Waals surface area contributed by atoms with Gasteiger partial charge in [0.2, 0.25) is 11.8 Å². The number of hydrogen-bond acceptors (Lipinski definition) is 7. The molecule has 2 atom stereocenters. The fraction of sp³-hybridized carbons (Fsp3) is 0.600. The number of urea groups is 1. The van der Waals surface area contributed by atoms with E-state index in [1.807, 2.05) is 0 Å². The number of nitrogens with one attached hydrogen (secondary N) is 2. The van der Waals surface area contributed by atoms with Crippen LogP contribution in [0.4, 0.5) is 4.79 Å². The second-order valence-corrected chi connectivity index (χ2v) is 6.12. The van der Waals surface area contributed by atoms with E-state index < -0.39 is 46.7 Å². The van der Waals surface area contributed by atoms with Crippen LogP contribution < -0.4 is 11.1 Å². The first-order chi connectivity index (χ1) is 10.6. The Morgan fingerprint density at radius 2 is 2.09 bits per heavy atom. The van der Waals surface area contributed by atoms with Gasteiger partial charge in [-0.3, -0.25) is 19.6 Å². The van der Waals surface area contributed by atoms with Gasteiger partial charge in [0, 0.05) is 6.54 Å². The van der Waals surface area contributed by atoms with Gasteiger partial charge in [-0.2, -0.15) is 13.5 Å². The molecule has 0 aromatic carbocycles. The third kappa shape index (κ3) is 3.94. The molecule has 13 heteroatoms. The van der Waals surface area contributed by atoms with Crippen LogP contribution in [0.2, 0.25) is 0 Å². The van der Waals surface area contributed by atoms with Gasteiger partial charge in [0.15, 0.2) is 0 Å². The minimum absolute atomic E-state index is 0.0765. The molecule has 0 aromatic heterocycles. The Kier molecular flexibility index (Phi) is 4.53. The summed E-state index contributed by atoms with van der Waals surface area (Å²) < 4.78 is 34.5. The number of piperidine rings is 1. The zero-order valence-corrected chi connectivity index (χ0v) is 12.6. The van der Waals surface area contributed by atoms with Crippen molar-refractivity contribution in [3.63, 3.8) is 0 Å². The molecule has 2 rings (SSSR count). The van der Waals surface area contributed by atoms with Crippen LogP contribution in [0.15, 0.2) is 0 Å². The van der Waals surface area contributed by atoms with Crippen LogP contribution in [0, 0.1) is 5.41 Å². The number of hydroxylamine groups is 2. The molecule has 0 aromatic rings. The lowest BCUT2D eigenvalue weighted by atomic mass is 10.00. The fourth-order valence-corrected chi connectivity index (χ4v) is 2.96. The number of carbonyl (C=O) groups is 3. The Bertz CT molecular complexity index is 663. The molecule has 2 unspecified atom stereocenters. The summed E-state index contributed by atoms with van der Waals surface area (Å²) in [6.07, 6.45) is -0.0163.